The summed E-state index contributed by atoms with van der Waals surface area (Å²) in [6.45, 7) is 1.01. The van der Waals surface area contributed by atoms with Gasteiger partial charge in [-0.05, 0) is 6.92 Å². The van der Waals surface area contributed by atoms with Crippen LogP contribution in [0.25, 0.3) is 0 Å². The van der Waals surface area contributed by atoms with E-state index >= 15 is 0 Å². The van der Waals surface area contributed by atoms with Crippen molar-refractivity contribution in [3.8, 4) is 0 Å². The summed E-state index contributed by atoms with van der Waals surface area (Å²) in [7, 11) is 0. The number of ether oxygens (including phenoxy) is 1. The molecule has 0 aromatic heterocycles. The third-order valence-electron chi connectivity index (χ3n) is 0.855. The molecular formula is C5H8ClF3O3. The van der Waals surface area contributed by atoms with Gasteiger partial charge in [0.25, 0.3) is 6.10 Å². The van der Waals surface area contributed by atoms with Gasteiger partial charge in [0, 0.05) is 6.61 Å². The van der Waals surface area contributed by atoms with Gasteiger partial charge >= 0.3 is 12.1 Å². The zero-order valence-corrected chi connectivity index (χ0v) is 6.91. The topological polar surface area (TPSA) is 46.5 Å². The summed E-state index contributed by atoms with van der Waals surface area (Å²) in [5, 5.41) is 7.99. The second-order valence-electron chi connectivity index (χ2n) is 1.72. The average Bonchev–Trinajstić information content (AvgIpc) is 1.79. The van der Waals surface area contributed by atoms with Gasteiger partial charge in [-0.25, -0.2) is 4.79 Å². The Labute approximate surface area is 72.9 Å². The molecule has 0 saturated carbocycles. The molecule has 0 aliphatic carbocycles. The van der Waals surface area contributed by atoms with E-state index in [2.05, 4.69) is 4.74 Å². The zero-order valence-electron chi connectivity index (χ0n) is 6.09. The van der Waals surface area contributed by atoms with Crippen LogP contribution in [0.4, 0.5) is 13.2 Å². The highest BCUT2D eigenvalue weighted by atomic mass is 35.5. The fraction of sp³-hybridized carbons (Fsp3) is 0.800. The minimum atomic E-state index is -4.83. The third kappa shape index (κ3) is 4.40. The summed E-state index contributed by atoms with van der Waals surface area (Å²) >= 11 is 0. The molecule has 0 bridgehead atoms. The molecule has 0 radical (unpaired) electrons. The van der Waals surface area contributed by atoms with Crippen LogP contribution in [0.1, 0.15) is 6.92 Å². The highest BCUT2D eigenvalue weighted by Crippen LogP contribution is 2.22. The van der Waals surface area contributed by atoms with Crippen molar-refractivity contribution in [1.29, 1.82) is 0 Å². The molecule has 0 spiro atoms. The van der Waals surface area contributed by atoms with E-state index in [1.54, 1.807) is 0 Å². The van der Waals surface area contributed by atoms with Gasteiger partial charge in [0.05, 0.1) is 0 Å². The zero-order chi connectivity index (χ0) is 9.07. The normalized spacial score (nSPS) is 13.3. The first kappa shape index (κ1) is 14.1. The summed E-state index contributed by atoms with van der Waals surface area (Å²) in [6, 6.07) is 0. The van der Waals surface area contributed by atoms with Crippen LogP contribution in [0.3, 0.4) is 0 Å². The summed E-state index contributed by atoms with van der Waals surface area (Å²) < 4.78 is 38.9. The predicted molar refractivity (Wildman–Crippen MR) is 36.4 cm³/mol. The van der Waals surface area contributed by atoms with E-state index in [1.165, 1.54) is 6.92 Å². The minimum absolute atomic E-state index is 0. The van der Waals surface area contributed by atoms with Crippen molar-refractivity contribution < 1.29 is 27.8 Å². The lowest BCUT2D eigenvalue weighted by molar-refractivity contribution is -0.226. The fourth-order valence-electron chi connectivity index (χ4n) is 0.472. The number of carboxylic acid groups (broad SMARTS) is 1. The second-order valence-corrected chi connectivity index (χ2v) is 1.72. The largest absolute Gasteiger partial charge is 0.479 e. The van der Waals surface area contributed by atoms with Crippen LogP contribution in [0.2, 0.25) is 0 Å². The quantitative estimate of drug-likeness (QED) is 0.764. The molecule has 12 heavy (non-hydrogen) atoms. The Morgan fingerprint density at radius 2 is 2.00 bits per heavy atom. The maximum absolute atomic E-state index is 11.7. The molecule has 0 fully saturated rings. The minimum Gasteiger partial charge on any atom is -0.479 e. The smallest absolute Gasteiger partial charge is 0.425 e. The van der Waals surface area contributed by atoms with Crippen LogP contribution in [-0.4, -0.2) is 30.0 Å². The average molecular weight is 209 g/mol. The first-order valence-corrected chi connectivity index (χ1v) is 2.80. The fourth-order valence-corrected chi connectivity index (χ4v) is 0.472. The number of aliphatic carboxylic acids is 1. The standard InChI is InChI=1S/C5H7F3O3.ClH/c1-2-11-3(4(9)10)5(6,7)8;/h3H,2H2,1H3,(H,9,10);1H. The van der Waals surface area contributed by atoms with E-state index in [9.17, 15) is 18.0 Å². The second kappa shape index (κ2) is 5.21. The Kier molecular flexibility index (Phi) is 6.10. The van der Waals surface area contributed by atoms with Crippen LogP contribution in [0.15, 0.2) is 0 Å². The van der Waals surface area contributed by atoms with Gasteiger partial charge in [0.1, 0.15) is 0 Å². The Hall–Kier alpha value is -0.490. The molecule has 1 N–H and O–H groups in total. The Morgan fingerprint density at radius 1 is 1.58 bits per heavy atom. The van der Waals surface area contributed by atoms with E-state index in [-0.39, 0.29) is 19.0 Å². The van der Waals surface area contributed by atoms with Gasteiger partial charge in [-0.1, -0.05) is 0 Å². The van der Waals surface area contributed by atoms with Gasteiger partial charge in [-0.2, -0.15) is 13.2 Å². The van der Waals surface area contributed by atoms with Crippen molar-refractivity contribution in [3.05, 3.63) is 0 Å². The Bertz CT molecular complexity index is 147. The van der Waals surface area contributed by atoms with Crippen molar-refractivity contribution in [2.24, 2.45) is 0 Å². The predicted octanol–water partition coefficient (Wildman–Crippen LogP) is 1.46. The lowest BCUT2D eigenvalue weighted by Gasteiger charge is -2.14. The molecule has 3 nitrogen and oxygen atoms in total. The molecule has 0 aromatic rings. The third-order valence-corrected chi connectivity index (χ3v) is 0.855. The number of hydrogen-bond acceptors (Lipinski definition) is 2. The highest BCUT2D eigenvalue weighted by molar-refractivity contribution is 5.85. The maximum Gasteiger partial charge on any atom is 0.425 e. The summed E-state index contributed by atoms with van der Waals surface area (Å²) in [6.07, 6.45) is -7.53. The Balaban J connectivity index is 0. The first-order valence-electron chi connectivity index (χ1n) is 2.80. The summed E-state index contributed by atoms with van der Waals surface area (Å²) in [4.78, 5) is 9.89. The van der Waals surface area contributed by atoms with Crippen molar-refractivity contribution in [2.75, 3.05) is 6.61 Å². The SMILES string of the molecule is CCOC(C(=O)O)C(F)(F)F.Cl. The maximum atomic E-state index is 11.7. The van der Waals surface area contributed by atoms with Crippen molar-refractivity contribution >= 4 is 18.4 Å². The molecule has 0 heterocycles. The van der Waals surface area contributed by atoms with Gasteiger partial charge in [-0.3, -0.25) is 0 Å². The number of rotatable bonds is 3. The van der Waals surface area contributed by atoms with Crippen LogP contribution >= 0.6 is 12.4 Å². The van der Waals surface area contributed by atoms with E-state index in [4.69, 9.17) is 5.11 Å². The molecule has 0 saturated heterocycles. The lowest BCUT2D eigenvalue weighted by atomic mass is 10.3. The van der Waals surface area contributed by atoms with Gasteiger partial charge in [0.15, 0.2) is 0 Å². The molecule has 0 aliphatic heterocycles. The van der Waals surface area contributed by atoms with Crippen molar-refractivity contribution in [1.82, 2.24) is 0 Å². The number of alkyl halides is 3. The number of hydrogen-bond donors (Lipinski definition) is 1. The molecule has 7 heteroatoms. The van der Waals surface area contributed by atoms with Crippen LogP contribution in [0.5, 0.6) is 0 Å². The highest BCUT2D eigenvalue weighted by Gasteiger charge is 2.46. The molecule has 0 aliphatic rings. The number of halogens is 4. The van der Waals surface area contributed by atoms with Crippen LogP contribution < -0.4 is 0 Å². The van der Waals surface area contributed by atoms with E-state index in [1.807, 2.05) is 0 Å². The molecule has 0 rings (SSSR count). The van der Waals surface area contributed by atoms with Crippen molar-refractivity contribution in [3.63, 3.8) is 0 Å². The van der Waals surface area contributed by atoms with Crippen molar-refractivity contribution in [2.45, 2.75) is 19.2 Å². The Morgan fingerprint density at radius 3 is 2.08 bits per heavy atom. The molecular weight excluding hydrogens is 200 g/mol. The van der Waals surface area contributed by atoms with E-state index in [0.29, 0.717) is 0 Å². The molecule has 1 atom stereocenters. The molecule has 0 amide bonds. The summed E-state index contributed by atoms with van der Waals surface area (Å²) in [5.74, 6) is -2.01. The van der Waals surface area contributed by atoms with E-state index in [0.717, 1.165) is 0 Å². The van der Waals surface area contributed by atoms with Gasteiger partial charge in [0.2, 0.25) is 0 Å². The molecule has 1 unspecified atom stereocenters. The molecule has 74 valence electrons. The van der Waals surface area contributed by atoms with E-state index < -0.39 is 18.2 Å². The monoisotopic (exact) mass is 208 g/mol. The van der Waals surface area contributed by atoms with Gasteiger partial charge in [-0.15, -0.1) is 12.4 Å². The number of carbonyl (C=O) groups is 1. The van der Waals surface area contributed by atoms with Crippen LogP contribution in [0, 0.1) is 0 Å². The first-order chi connectivity index (χ1) is 4.89. The molecule has 0 aromatic carbocycles. The van der Waals surface area contributed by atoms with Crippen LogP contribution in [-0.2, 0) is 9.53 Å². The summed E-state index contributed by atoms with van der Waals surface area (Å²) in [5.41, 5.74) is 0. The lowest BCUT2D eigenvalue weighted by Crippen LogP contribution is -2.38. The van der Waals surface area contributed by atoms with Gasteiger partial charge < -0.3 is 9.84 Å². The number of carboxylic acids is 1.